The van der Waals surface area contributed by atoms with E-state index in [1.54, 1.807) is 11.7 Å². The Morgan fingerprint density at radius 1 is 1.55 bits per heavy atom. The SMILES string of the molecule is CCc1cc(CS(=O)C[C@H](NC(C)=O)C(=O)O)n(C)n1. The van der Waals surface area contributed by atoms with Crippen molar-refractivity contribution in [1.82, 2.24) is 15.1 Å². The van der Waals surface area contributed by atoms with Gasteiger partial charge < -0.3 is 10.4 Å². The van der Waals surface area contributed by atoms with Gasteiger partial charge in [0, 0.05) is 24.8 Å². The maximum Gasteiger partial charge on any atom is 0.327 e. The van der Waals surface area contributed by atoms with Gasteiger partial charge in [-0.3, -0.25) is 13.7 Å². The Balaban J connectivity index is 2.67. The summed E-state index contributed by atoms with van der Waals surface area (Å²) in [7, 11) is 0.365. The first-order valence-corrected chi connectivity index (χ1v) is 7.69. The molecule has 0 saturated heterocycles. The minimum Gasteiger partial charge on any atom is -0.480 e. The molecule has 0 aromatic carbocycles. The van der Waals surface area contributed by atoms with Crippen LogP contribution in [0.2, 0.25) is 0 Å². The fourth-order valence-corrected chi connectivity index (χ4v) is 3.02. The molecule has 8 heteroatoms. The quantitative estimate of drug-likeness (QED) is 0.727. The number of nitrogens with zero attached hydrogens (tertiary/aromatic N) is 2. The maximum atomic E-state index is 12.0. The number of rotatable bonds is 7. The molecule has 0 aliphatic carbocycles. The van der Waals surface area contributed by atoms with Gasteiger partial charge in [-0.2, -0.15) is 5.10 Å². The largest absolute Gasteiger partial charge is 0.480 e. The third-order valence-electron chi connectivity index (χ3n) is 2.73. The minimum absolute atomic E-state index is 0.123. The number of nitrogens with one attached hydrogen (secondary N) is 1. The highest BCUT2D eigenvalue weighted by Crippen LogP contribution is 2.07. The summed E-state index contributed by atoms with van der Waals surface area (Å²) in [5.41, 5.74) is 1.68. The minimum atomic E-state index is -1.39. The zero-order valence-electron chi connectivity index (χ0n) is 11.8. The Labute approximate surface area is 119 Å². The van der Waals surface area contributed by atoms with Crippen molar-refractivity contribution in [3.05, 3.63) is 17.5 Å². The first-order chi connectivity index (χ1) is 9.33. The third kappa shape index (κ3) is 4.76. The molecule has 2 N–H and O–H groups in total. The van der Waals surface area contributed by atoms with Crippen LogP contribution in [0.25, 0.3) is 0 Å². The van der Waals surface area contributed by atoms with Crippen LogP contribution in [-0.4, -0.2) is 42.8 Å². The smallest absolute Gasteiger partial charge is 0.327 e. The van der Waals surface area contributed by atoms with Gasteiger partial charge in [-0.05, 0) is 12.5 Å². The monoisotopic (exact) mass is 301 g/mol. The molecule has 1 aromatic rings. The van der Waals surface area contributed by atoms with Gasteiger partial charge in [0.15, 0.2) is 0 Å². The standard InChI is InChI=1S/C12H19N3O4S/c1-4-9-5-10(15(3)14-9)6-20(19)7-11(12(17)18)13-8(2)16/h5,11H,4,6-7H2,1-3H3,(H,13,16)(H,17,18)/t11-,20?/m0/s1. The summed E-state index contributed by atoms with van der Waals surface area (Å²) in [5.74, 6) is -1.55. The van der Waals surface area contributed by atoms with Crippen LogP contribution < -0.4 is 5.32 Å². The van der Waals surface area contributed by atoms with Crippen molar-refractivity contribution in [2.75, 3.05) is 5.75 Å². The van der Waals surface area contributed by atoms with E-state index < -0.39 is 28.7 Å². The molecule has 0 aliphatic heterocycles. The lowest BCUT2D eigenvalue weighted by atomic mass is 10.3. The fraction of sp³-hybridized carbons (Fsp3) is 0.583. The molecule has 2 atom stereocenters. The van der Waals surface area contributed by atoms with Crippen LogP contribution in [0.5, 0.6) is 0 Å². The Hall–Kier alpha value is -1.70. The third-order valence-corrected chi connectivity index (χ3v) is 4.05. The summed E-state index contributed by atoms with van der Waals surface area (Å²) >= 11 is 0. The lowest BCUT2D eigenvalue weighted by Gasteiger charge is -2.12. The number of carbonyl (C=O) groups excluding carboxylic acids is 1. The van der Waals surface area contributed by atoms with E-state index in [4.69, 9.17) is 5.11 Å². The van der Waals surface area contributed by atoms with E-state index in [1.807, 2.05) is 13.0 Å². The van der Waals surface area contributed by atoms with Crippen LogP contribution in [0.15, 0.2) is 6.07 Å². The summed E-state index contributed by atoms with van der Waals surface area (Å²) in [4.78, 5) is 21.9. The number of amides is 1. The zero-order valence-corrected chi connectivity index (χ0v) is 12.6. The second kappa shape index (κ2) is 7.18. The van der Waals surface area contributed by atoms with Crippen molar-refractivity contribution in [3.63, 3.8) is 0 Å². The van der Waals surface area contributed by atoms with Crippen molar-refractivity contribution < 1.29 is 18.9 Å². The second-order valence-corrected chi connectivity index (χ2v) is 5.95. The van der Waals surface area contributed by atoms with Crippen molar-refractivity contribution >= 4 is 22.7 Å². The van der Waals surface area contributed by atoms with Crippen molar-refractivity contribution in [3.8, 4) is 0 Å². The van der Waals surface area contributed by atoms with Crippen LogP contribution in [0.4, 0.5) is 0 Å². The molecule has 1 amide bonds. The molecule has 112 valence electrons. The average Bonchev–Trinajstić information content (AvgIpc) is 2.68. The van der Waals surface area contributed by atoms with Crippen molar-refractivity contribution in [1.29, 1.82) is 0 Å². The predicted molar refractivity (Wildman–Crippen MR) is 74.5 cm³/mol. The van der Waals surface area contributed by atoms with E-state index in [1.165, 1.54) is 6.92 Å². The first-order valence-electron chi connectivity index (χ1n) is 6.20. The lowest BCUT2D eigenvalue weighted by molar-refractivity contribution is -0.140. The molecule has 1 heterocycles. The summed E-state index contributed by atoms with van der Waals surface area (Å²) in [6.07, 6.45) is 0.782. The zero-order chi connectivity index (χ0) is 15.3. The number of hydrogen-bond acceptors (Lipinski definition) is 4. The summed E-state index contributed by atoms with van der Waals surface area (Å²) in [6.45, 7) is 3.20. The highest BCUT2D eigenvalue weighted by molar-refractivity contribution is 7.84. The van der Waals surface area contributed by atoms with E-state index in [-0.39, 0.29) is 11.5 Å². The molecular weight excluding hydrogens is 282 g/mol. The van der Waals surface area contributed by atoms with Crippen LogP contribution in [0.3, 0.4) is 0 Å². The summed E-state index contributed by atoms with van der Waals surface area (Å²) in [6, 6.07) is 0.721. The number of hydrogen-bond donors (Lipinski definition) is 2. The van der Waals surface area contributed by atoms with Crippen LogP contribution in [-0.2, 0) is 39.6 Å². The van der Waals surface area contributed by atoms with E-state index in [9.17, 15) is 13.8 Å². The Morgan fingerprint density at radius 3 is 2.65 bits per heavy atom. The number of carbonyl (C=O) groups is 2. The van der Waals surface area contributed by atoms with Crippen LogP contribution in [0, 0.1) is 0 Å². The molecule has 0 aliphatic rings. The highest BCUT2D eigenvalue weighted by atomic mass is 32.2. The fourth-order valence-electron chi connectivity index (χ4n) is 1.71. The highest BCUT2D eigenvalue weighted by Gasteiger charge is 2.22. The maximum absolute atomic E-state index is 12.0. The topological polar surface area (TPSA) is 101 Å². The van der Waals surface area contributed by atoms with Crippen LogP contribution in [0.1, 0.15) is 25.2 Å². The van der Waals surface area contributed by atoms with Crippen molar-refractivity contribution in [2.45, 2.75) is 32.1 Å². The second-order valence-electron chi connectivity index (χ2n) is 4.45. The number of aromatic nitrogens is 2. The molecule has 7 nitrogen and oxygen atoms in total. The molecule has 1 unspecified atom stereocenters. The Bertz CT molecular complexity index is 527. The molecular formula is C12H19N3O4S. The van der Waals surface area contributed by atoms with Gasteiger partial charge in [-0.25, -0.2) is 4.79 Å². The van der Waals surface area contributed by atoms with Gasteiger partial charge in [-0.15, -0.1) is 0 Å². The van der Waals surface area contributed by atoms with Gasteiger partial charge in [0.2, 0.25) is 5.91 Å². The molecule has 0 spiro atoms. The predicted octanol–water partition coefficient (Wildman–Crippen LogP) is -0.179. The van der Waals surface area contributed by atoms with Gasteiger partial charge in [0.1, 0.15) is 6.04 Å². The van der Waals surface area contributed by atoms with E-state index in [0.29, 0.717) is 0 Å². The summed E-state index contributed by atoms with van der Waals surface area (Å²) in [5, 5.41) is 15.5. The molecule has 0 bridgehead atoms. The van der Waals surface area contributed by atoms with Gasteiger partial charge in [0.25, 0.3) is 0 Å². The van der Waals surface area contributed by atoms with Crippen LogP contribution >= 0.6 is 0 Å². The molecule has 0 saturated carbocycles. The number of aryl methyl sites for hydroxylation is 2. The summed E-state index contributed by atoms with van der Waals surface area (Å²) < 4.78 is 13.7. The van der Waals surface area contributed by atoms with E-state index in [2.05, 4.69) is 10.4 Å². The molecule has 0 radical (unpaired) electrons. The number of aliphatic carboxylic acids is 1. The van der Waals surface area contributed by atoms with E-state index >= 15 is 0 Å². The van der Waals surface area contributed by atoms with Gasteiger partial charge in [-0.1, -0.05) is 6.92 Å². The number of carboxylic acid groups (broad SMARTS) is 1. The lowest BCUT2D eigenvalue weighted by Crippen LogP contribution is -2.43. The average molecular weight is 301 g/mol. The Kier molecular flexibility index (Phi) is 5.87. The van der Waals surface area contributed by atoms with Crippen molar-refractivity contribution in [2.24, 2.45) is 7.05 Å². The molecule has 0 fully saturated rings. The van der Waals surface area contributed by atoms with Gasteiger partial charge >= 0.3 is 5.97 Å². The number of carboxylic acids is 1. The van der Waals surface area contributed by atoms with Gasteiger partial charge in [0.05, 0.1) is 22.9 Å². The first kappa shape index (κ1) is 16.4. The van der Waals surface area contributed by atoms with E-state index in [0.717, 1.165) is 17.8 Å². The Morgan fingerprint density at radius 2 is 2.20 bits per heavy atom. The molecule has 1 rings (SSSR count). The molecule has 1 aromatic heterocycles. The molecule has 20 heavy (non-hydrogen) atoms. The normalized spacial score (nSPS) is 13.8.